The van der Waals surface area contributed by atoms with E-state index in [-0.39, 0.29) is 24.4 Å². The van der Waals surface area contributed by atoms with Gasteiger partial charge in [0.05, 0.1) is 6.54 Å². The van der Waals surface area contributed by atoms with Gasteiger partial charge in [0.25, 0.3) is 0 Å². The highest BCUT2D eigenvalue weighted by Gasteiger charge is 2.25. The van der Waals surface area contributed by atoms with Crippen LogP contribution in [0.4, 0.5) is 0 Å². The second-order valence-corrected chi connectivity index (χ2v) is 9.27. The van der Waals surface area contributed by atoms with E-state index >= 15 is 0 Å². The number of nitrogens with two attached hydrogens (primary N) is 1. The third-order valence-electron chi connectivity index (χ3n) is 6.50. The summed E-state index contributed by atoms with van der Waals surface area (Å²) in [6, 6.07) is 8.54. The molecule has 0 bridgehead atoms. The number of rotatable bonds is 13. The zero-order chi connectivity index (χ0) is 22.6. The van der Waals surface area contributed by atoms with Crippen molar-refractivity contribution in [1.82, 2.24) is 15.5 Å². The van der Waals surface area contributed by atoms with Gasteiger partial charge in [-0.05, 0) is 37.7 Å². The Morgan fingerprint density at radius 1 is 1.06 bits per heavy atom. The Morgan fingerprint density at radius 2 is 1.78 bits per heavy atom. The van der Waals surface area contributed by atoms with Crippen LogP contribution in [0.2, 0.25) is 0 Å². The summed E-state index contributed by atoms with van der Waals surface area (Å²) in [6.07, 6.45) is 15.5. The number of benzene rings is 1. The van der Waals surface area contributed by atoms with Crippen LogP contribution in [-0.4, -0.2) is 22.1 Å². The van der Waals surface area contributed by atoms with Gasteiger partial charge in [-0.2, -0.15) is 4.98 Å². The Kier molecular flexibility index (Phi) is 10.2. The molecular formula is C26H40N4O2. The average Bonchev–Trinajstić information content (AvgIpc) is 3.29. The molecule has 0 radical (unpaired) electrons. The van der Waals surface area contributed by atoms with E-state index in [2.05, 4.69) is 46.6 Å². The summed E-state index contributed by atoms with van der Waals surface area (Å²) in [5.41, 5.74) is 8.27. The number of nitrogens with zero attached hydrogens (tertiary/aromatic N) is 2. The molecule has 6 heteroatoms. The summed E-state index contributed by atoms with van der Waals surface area (Å²) in [5, 5.41) is 7.00. The molecule has 0 saturated heterocycles. The topological polar surface area (TPSA) is 94.0 Å². The Hall–Kier alpha value is -2.21. The van der Waals surface area contributed by atoms with Crippen molar-refractivity contribution in [3.05, 3.63) is 35.7 Å². The van der Waals surface area contributed by atoms with Crippen LogP contribution in [0.1, 0.15) is 95.4 Å². The number of hydrogen-bond acceptors (Lipinski definition) is 5. The van der Waals surface area contributed by atoms with Gasteiger partial charge >= 0.3 is 0 Å². The quantitative estimate of drug-likeness (QED) is 0.398. The van der Waals surface area contributed by atoms with E-state index in [4.69, 9.17) is 10.3 Å². The maximum Gasteiger partial charge on any atom is 0.246 e. The van der Waals surface area contributed by atoms with Crippen LogP contribution in [0.25, 0.3) is 11.4 Å². The summed E-state index contributed by atoms with van der Waals surface area (Å²) >= 11 is 0. The molecule has 0 unspecified atom stereocenters. The lowest BCUT2D eigenvalue weighted by Crippen LogP contribution is -2.37. The Morgan fingerprint density at radius 3 is 2.50 bits per heavy atom. The number of carbonyl (C=O) groups excluding carboxylic acids is 1. The van der Waals surface area contributed by atoms with Crippen LogP contribution >= 0.6 is 0 Å². The van der Waals surface area contributed by atoms with E-state index < -0.39 is 0 Å². The molecular weight excluding hydrogens is 400 g/mol. The molecule has 2 aromatic rings. The lowest BCUT2D eigenvalue weighted by Gasteiger charge is -2.25. The van der Waals surface area contributed by atoms with Crippen LogP contribution in [0, 0.1) is 5.92 Å². The summed E-state index contributed by atoms with van der Waals surface area (Å²) < 4.78 is 5.33. The van der Waals surface area contributed by atoms with Gasteiger partial charge < -0.3 is 15.6 Å². The largest absolute Gasteiger partial charge is 0.347 e. The minimum atomic E-state index is -0.00487. The second-order valence-electron chi connectivity index (χ2n) is 9.27. The SMILES string of the molecule is CCCCCCCCCCc1ccc(-c2noc(CNC(=O)[C@@H]3CCC[C@H](N)C3)n2)cc1. The van der Waals surface area contributed by atoms with Gasteiger partial charge in [-0.3, -0.25) is 4.79 Å². The van der Waals surface area contributed by atoms with E-state index in [1.165, 1.54) is 56.9 Å². The van der Waals surface area contributed by atoms with E-state index in [1.807, 2.05) is 0 Å². The molecule has 1 amide bonds. The summed E-state index contributed by atoms with van der Waals surface area (Å²) in [5.74, 6) is 1.02. The number of carbonyl (C=O) groups is 1. The van der Waals surface area contributed by atoms with Crippen LogP contribution in [0.3, 0.4) is 0 Å². The van der Waals surface area contributed by atoms with Gasteiger partial charge in [-0.1, -0.05) is 87.7 Å². The van der Waals surface area contributed by atoms with Crippen molar-refractivity contribution in [3.8, 4) is 11.4 Å². The van der Waals surface area contributed by atoms with Crippen molar-refractivity contribution < 1.29 is 9.32 Å². The number of amides is 1. The summed E-state index contributed by atoms with van der Waals surface area (Å²) in [4.78, 5) is 16.8. The van der Waals surface area contributed by atoms with E-state index in [0.29, 0.717) is 11.7 Å². The number of hydrogen-bond donors (Lipinski definition) is 2. The first-order valence-corrected chi connectivity index (χ1v) is 12.6. The highest BCUT2D eigenvalue weighted by molar-refractivity contribution is 5.78. The van der Waals surface area contributed by atoms with Crippen molar-refractivity contribution in [2.75, 3.05) is 0 Å². The van der Waals surface area contributed by atoms with Crippen molar-refractivity contribution in [2.45, 2.75) is 103 Å². The molecule has 1 aromatic carbocycles. The minimum Gasteiger partial charge on any atom is -0.347 e. The van der Waals surface area contributed by atoms with Gasteiger partial charge in [0.15, 0.2) is 0 Å². The maximum atomic E-state index is 12.4. The molecule has 1 aliphatic carbocycles. The molecule has 176 valence electrons. The van der Waals surface area contributed by atoms with Crippen molar-refractivity contribution in [1.29, 1.82) is 0 Å². The third-order valence-corrected chi connectivity index (χ3v) is 6.50. The van der Waals surface area contributed by atoms with Crippen LogP contribution in [-0.2, 0) is 17.8 Å². The normalized spacial score (nSPS) is 18.6. The molecule has 1 saturated carbocycles. The molecule has 0 spiro atoms. The number of nitrogens with one attached hydrogen (secondary N) is 1. The molecule has 2 atom stereocenters. The Balaban J connectivity index is 1.37. The van der Waals surface area contributed by atoms with Crippen molar-refractivity contribution in [2.24, 2.45) is 11.7 Å². The number of aryl methyl sites for hydroxylation is 1. The fraction of sp³-hybridized carbons (Fsp3) is 0.654. The van der Waals surface area contributed by atoms with Crippen LogP contribution in [0.15, 0.2) is 28.8 Å². The third kappa shape index (κ3) is 8.05. The minimum absolute atomic E-state index is 0.00487. The van der Waals surface area contributed by atoms with Gasteiger partial charge in [0.2, 0.25) is 17.6 Å². The first kappa shape index (κ1) is 24.4. The lowest BCUT2D eigenvalue weighted by atomic mass is 9.85. The van der Waals surface area contributed by atoms with Crippen LogP contribution < -0.4 is 11.1 Å². The Labute approximate surface area is 192 Å². The first-order valence-electron chi connectivity index (χ1n) is 12.6. The summed E-state index contributed by atoms with van der Waals surface area (Å²) in [7, 11) is 0. The van der Waals surface area contributed by atoms with Gasteiger partial charge in [0.1, 0.15) is 0 Å². The molecule has 3 N–H and O–H groups in total. The summed E-state index contributed by atoms with van der Waals surface area (Å²) in [6.45, 7) is 2.52. The fourth-order valence-electron chi connectivity index (χ4n) is 4.50. The van der Waals surface area contributed by atoms with E-state index in [0.717, 1.165) is 37.7 Å². The molecule has 1 heterocycles. The highest BCUT2D eigenvalue weighted by atomic mass is 16.5. The molecule has 0 aliphatic heterocycles. The van der Waals surface area contributed by atoms with Gasteiger partial charge in [0, 0.05) is 17.5 Å². The maximum absolute atomic E-state index is 12.4. The zero-order valence-corrected chi connectivity index (χ0v) is 19.7. The monoisotopic (exact) mass is 440 g/mol. The van der Waals surface area contributed by atoms with E-state index in [9.17, 15) is 4.79 Å². The van der Waals surface area contributed by atoms with Crippen molar-refractivity contribution in [3.63, 3.8) is 0 Å². The first-order chi connectivity index (χ1) is 15.7. The van der Waals surface area contributed by atoms with E-state index in [1.54, 1.807) is 0 Å². The molecule has 6 nitrogen and oxygen atoms in total. The standard InChI is InChI=1S/C26H40N4O2/c1-2-3-4-5-6-7-8-9-11-20-14-16-21(17-15-20)25-29-24(32-30-25)19-28-26(31)22-12-10-13-23(27)18-22/h14-17,22-23H,2-13,18-19,27H2,1H3,(H,28,31)/t22-,23+/m1/s1. The predicted octanol–water partition coefficient (Wildman–Crippen LogP) is 5.55. The van der Waals surface area contributed by atoms with Gasteiger partial charge in [-0.25, -0.2) is 0 Å². The van der Waals surface area contributed by atoms with Gasteiger partial charge in [-0.15, -0.1) is 0 Å². The molecule has 1 fully saturated rings. The second kappa shape index (κ2) is 13.4. The molecule has 1 aliphatic rings. The highest BCUT2D eigenvalue weighted by Crippen LogP contribution is 2.23. The molecule has 1 aromatic heterocycles. The predicted molar refractivity (Wildman–Crippen MR) is 128 cm³/mol. The molecule has 3 rings (SSSR count). The lowest BCUT2D eigenvalue weighted by molar-refractivity contribution is -0.126. The Bertz CT molecular complexity index is 802. The smallest absolute Gasteiger partial charge is 0.246 e. The average molecular weight is 441 g/mol. The van der Waals surface area contributed by atoms with Crippen molar-refractivity contribution >= 4 is 5.91 Å². The number of unbranched alkanes of at least 4 members (excludes halogenated alkanes) is 7. The van der Waals surface area contributed by atoms with Crippen LogP contribution in [0.5, 0.6) is 0 Å². The number of aromatic nitrogens is 2. The zero-order valence-electron chi connectivity index (χ0n) is 19.7. The molecule has 32 heavy (non-hydrogen) atoms. The fourth-order valence-corrected chi connectivity index (χ4v) is 4.50.